The summed E-state index contributed by atoms with van der Waals surface area (Å²) < 4.78 is 10.5. The van der Waals surface area contributed by atoms with E-state index in [0.29, 0.717) is 25.0 Å². The summed E-state index contributed by atoms with van der Waals surface area (Å²) in [6.07, 6.45) is 0. The molecule has 0 bridgehead atoms. The number of fused-ring (bicyclic) bond motifs is 1. The van der Waals surface area contributed by atoms with Gasteiger partial charge in [-0.1, -0.05) is 6.07 Å². The second-order valence-corrected chi connectivity index (χ2v) is 4.50. The van der Waals surface area contributed by atoms with Gasteiger partial charge >= 0.3 is 6.03 Å². The lowest BCUT2D eigenvalue weighted by Gasteiger charge is -2.07. The van der Waals surface area contributed by atoms with E-state index < -0.39 is 0 Å². The number of nitrogens with one attached hydrogen (secondary N) is 2. The third-order valence-electron chi connectivity index (χ3n) is 2.95. The second kappa shape index (κ2) is 5.30. The number of rotatable bonds is 3. The van der Waals surface area contributed by atoms with Crippen LogP contribution in [0.1, 0.15) is 22.9 Å². The fourth-order valence-electron chi connectivity index (χ4n) is 1.99. The maximum absolute atomic E-state index is 11.7. The number of benzene rings is 1. The van der Waals surface area contributed by atoms with Crippen molar-refractivity contribution in [3.63, 3.8) is 0 Å². The fraction of sp³-hybridized carbons (Fsp3) is 0.308. The van der Waals surface area contributed by atoms with Crippen molar-refractivity contribution in [1.82, 2.24) is 15.5 Å². The molecule has 2 aromatic rings. The Morgan fingerprint density at radius 3 is 2.95 bits per heavy atom. The van der Waals surface area contributed by atoms with Crippen LogP contribution >= 0.6 is 0 Å². The van der Waals surface area contributed by atoms with Gasteiger partial charge in [-0.3, -0.25) is 0 Å². The van der Waals surface area contributed by atoms with Crippen LogP contribution in [-0.2, 0) is 24.5 Å². The molecule has 1 aliphatic rings. The van der Waals surface area contributed by atoms with Gasteiger partial charge in [0.15, 0.2) is 0 Å². The van der Waals surface area contributed by atoms with Crippen molar-refractivity contribution in [3.05, 3.63) is 41.1 Å². The highest BCUT2D eigenvalue weighted by Gasteiger charge is 2.12. The minimum atomic E-state index is -0.320. The molecule has 0 radical (unpaired) electrons. The van der Waals surface area contributed by atoms with Gasteiger partial charge in [-0.2, -0.15) is 0 Å². The Labute approximate surface area is 115 Å². The first-order valence-corrected chi connectivity index (χ1v) is 6.24. The summed E-state index contributed by atoms with van der Waals surface area (Å²) in [7, 11) is 0. The van der Waals surface area contributed by atoms with E-state index in [2.05, 4.69) is 20.8 Å². The van der Waals surface area contributed by atoms with Crippen molar-refractivity contribution in [3.8, 4) is 0 Å². The first-order valence-electron chi connectivity index (χ1n) is 6.24. The van der Waals surface area contributed by atoms with Crippen molar-refractivity contribution < 1.29 is 13.9 Å². The van der Waals surface area contributed by atoms with E-state index in [4.69, 9.17) is 9.15 Å². The Balaban J connectivity index is 1.56. The van der Waals surface area contributed by atoms with Crippen LogP contribution in [0, 0.1) is 6.92 Å². The topological polar surface area (TPSA) is 89.3 Å². The molecular formula is C13H14N4O3. The Morgan fingerprint density at radius 1 is 1.30 bits per heavy atom. The summed E-state index contributed by atoms with van der Waals surface area (Å²) in [6, 6.07) is 5.40. The lowest BCUT2D eigenvalue weighted by atomic mass is 10.1. The van der Waals surface area contributed by atoms with Crippen LogP contribution in [0.5, 0.6) is 0 Å². The minimum Gasteiger partial charge on any atom is -0.424 e. The molecule has 0 fully saturated rings. The number of amides is 2. The van der Waals surface area contributed by atoms with Crippen LogP contribution in [0.2, 0.25) is 0 Å². The lowest BCUT2D eigenvalue weighted by Crippen LogP contribution is -2.28. The zero-order valence-corrected chi connectivity index (χ0v) is 11.0. The molecule has 20 heavy (non-hydrogen) atoms. The fourth-order valence-corrected chi connectivity index (χ4v) is 1.99. The first kappa shape index (κ1) is 12.6. The number of carbonyl (C=O) groups is 1. The average Bonchev–Trinajstić information content (AvgIpc) is 3.04. The summed E-state index contributed by atoms with van der Waals surface area (Å²) in [6.45, 7) is 3.12. The van der Waals surface area contributed by atoms with Gasteiger partial charge < -0.3 is 19.8 Å². The van der Waals surface area contributed by atoms with E-state index in [1.54, 1.807) is 6.92 Å². The molecule has 104 valence electrons. The standard InChI is InChI=1S/C13H14N4O3/c1-8-16-17-12(20-8)5-14-13(18)15-11-3-2-9-6-19-7-10(9)4-11/h2-4H,5-7H2,1H3,(H2,14,15,18). The van der Waals surface area contributed by atoms with Crippen molar-refractivity contribution in [2.45, 2.75) is 26.7 Å². The second-order valence-electron chi connectivity index (χ2n) is 4.50. The molecule has 0 atom stereocenters. The number of aromatic nitrogens is 2. The quantitative estimate of drug-likeness (QED) is 0.889. The van der Waals surface area contributed by atoms with Gasteiger partial charge in [-0.25, -0.2) is 4.79 Å². The third kappa shape index (κ3) is 2.77. The van der Waals surface area contributed by atoms with Gasteiger partial charge in [-0.15, -0.1) is 10.2 Å². The van der Waals surface area contributed by atoms with Gasteiger partial charge in [0, 0.05) is 12.6 Å². The SMILES string of the molecule is Cc1nnc(CNC(=O)Nc2ccc3c(c2)COC3)o1. The monoisotopic (exact) mass is 274 g/mol. The van der Waals surface area contributed by atoms with Crippen molar-refractivity contribution in [1.29, 1.82) is 0 Å². The summed E-state index contributed by atoms with van der Waals surface area (Å²) in [5, 5.41) is 12.9. The molecule has 0 aliphatic carbocycles. The molecule has 0 spiro atoms. The summed E-state index contributed by atoms with van der Waals surface area (Å²) in [5.74, 6) is 0.848. The van der Waals surface area contributed by atoms with Crippen LogP contribution in [0.15, 0.2) is 22.6 Å². The minimum absolute atomic E-state index is 0.195. The molecule has 1 aromatic carbocycles. The number of urea groups is 1. The molecular weight excluding hydrogens is 260 g/mol. The smallest absolute Gasteiger partial charge is 0.319 e. The van der Waals surface area contributed by atoms with E-state index in [9.17, 15) is 4.79 Å². The molecule has 2 amide bonds. The van der Waals surface area contributed by atoms with E-state index in [-0.39, 0.29) is 12.6 Å². The number of carbonyl (C=O) groups excluding carboxylic acids is 1. The van der Waals surface area contributed by atoms with Crippen LogP contribution in [0.4, 0.5) is 10.5 Å². The zero-order chi connectivity index (χ0) is 13.9. The number of ether oxygens (including phenoxy) is 1. The van der Waals surface area contributed by atoms with E-state index in [0.717, 1.165) is 16.8 Å². The van der Waals surface area contributed by atoms with Gasteiger partial charge in [0.05, 0.1) is 19.8 Å². The highest BCUT2D eigenvalue weighted by Crippen LogP contribution is 2.23. The van der Waals surface area contributed by atoms with E-state index in [1.807, 2.05) is 18.2 Å². The lowest BCUT2D eigenvalue weighted by molar-refractivity contribution is 0.134. The summed E-state index contributed by atoms with van der Waals surface area (Å²) in [4.78, 5) is 11.7. The van der Waals surface area contributed by atoms with Gasteiger partial charge in [-0.05, 0) is 23.3 Å². The van der Waals surface area contributed by atoms with Crippen molar-refractivity contribution in [2.75, 3.05) is 5.32 Å². The van der Waals surface area contributed by atoms with Gasteiger partial charge in [0.25, 0.3) is 0 Å². The van der Waals surface area contributed by atoms with Gasteiger partial charge in [0.2, 0.25) is 11.8 Å². The number of hydrogen-bond donors (Lipinski definition) is 2. The van der Waals surface area contributed by atoms with E-state index in [1.165, 1.54) is 0 Å². The van der Waals surface area contributed by atoms with Crippen molar-refractivity contribution in [2.24, 2.45) is 0 Å². The molecule has 2 heterocycles. The zero-order valence-electron chi connectivity index (χ0n) is 11.0. The van der Waals surface area contributed by atoms with E-state index >= 15 is 0 Å². The van der Waals surface area contributed by atoms with Crippen molar-refractivity contribution >= 4 is 11.7 Å². The maximum Gasteiger partial charge on any atom is 0.319 e. The molecule has 7 nitrogen and oxygen atoms in total. The Bertz CT molecular complexity index is 638. The largest absolute Gasteiger partial charge is 0.424 e. The van der Waals surface area contributed by atoms with Crippen LogP contribution < -0.4 is 10.6 Å². The molecule has 0 saturated carbocycles. The van der Waals surface area contributed by atoms with Crippen LogP contribution in [-0.4, -0.2) is 16.2 Å². The number of aryl methyl sites for hydroxylation is 1. The molecule has 1 aromatic heterocycles. The Kier molecular flexibility index (Phi) is 3.34. The Morgan fingerprint density at radius 2 is 2.15 bits per heavy atom. The molecule has 3 rings (SSSR count). The van der Waals surface area contributed by atoms with Crippen LogP contribution in [0.25, 0.3) is 0 Å². The van der Waals surface area contributed by atoms with Gasteiger partial charge in [0.1, 0.15) is 0 Å². The maximum atomic E-state index is 11.7. The molecule has 2 N–H and O–H groups in total. The molecule has 0 saturated heterocycles. The molecule has 0 unspecified atom stereocenters. The predicted molar refractivity (Wildman–Crippen MR) is 69.8 cm³/mol. The van der Waals surface area contributed by atoms with Crippen LogP contribution in [0.3, 0.4) is 0 Å². The Hall–Kier alpha value is -2.41. The third-order valence-corrected chi connectivity index (χ3v) is 2.95. The molecule has 7 heteroatoms. The number of hydrogen-bond acceptors (Lipinski definition) is 5. The highest BCUT2D eigenvalue weighted by atomic mass is 16.5. The average molecular weight is 274 g/mol. The summed E-state index contributed by atoms with van der Waals surface area (Å²) >= 11 is 0. The normalized spacial score (nSPS) is 13.1. The number of nitrogens with zero attached hydrogens (tertiary/aromatic N) is 2. The molecule has 1 aliphatic heterocycles. The highest BCUT2D eigenvalue weighted by molar-refractivity contribution is 5.89. The number of anilines is 1. The first-order chi connectivity index (χ1) is 9.70. The summed E-state index contributed by atoms with van der Waals surface area (Å²) in [5.41, 5.74) is 3.00. The predicted octanol–water partition coefficient (Wildman–Crippen LogP) is 1.73.